The number of aromatic hydroxyl groups is 2. The third-order valence-electron chi connectivity index (χ3n) is 6.31. The molecule has 35 heavy (non-hydrogen) atoms. The lowest BCUT2D eigenvalue weighted by Crippen LogP contribution is -2.52. The molecule has 174 valence electrons. The summed E-state index contributed by atoms with van der Waals surface area (Å²) in [5, 5.41) is 25.1. The summed E-state index contributed by atoms with van der Waals surface area (Å²) in [6.45, 7) is 0.0360. The summed E-state index contributed by atoms with van der Waals surface area (Å²) in [6.07, 6.45) is 1.50. The lowest BCUT2D eigenvalue weighted by Gasteiger charge is -2.29. The van der Waals surface area contributed by atoms with Crippen LogP contribution in [0.1, 0.15) is 21.7 Å². The zero-order valence-corrected chi connectivity index (χ0v) is 18.1. The lowest BCUT2D eigenvalue weighted by molar-refractivity contribution is -0.125. The Morgan fingerprint density at radius 2 is 1.86 bits per heavy atom. The van der Waals surface area contributed by atoms with Gasteiger partial charge in [-0.15, -0.1) is 0 Å². The van der Waals surface area contributed by atoms with E-state index < -0.39 is 17.5 Å². The van der Waals surface area contributed by atoms with Crippen molar-refractivity contribution in [1.29, 1.82) is 0 Å². The number of rotatable bonds is 4. The van der Waals surface area contributed by atoms with Crippen LogP contribution in [0.4, 0.5) is 4.79 Å². The van der Waals surface area contributed by atoms with E-state index in [0.717, 1.165) is 0 Å². The number of imide groups is 1. The van der Waals surface area contributed by atoms with E-state index in [1.807, 2.05) is 0 Å². The third-order valence-corrected chi connectivity index (χ3v) is 6.31. The molecule has 1 saturated heterocycles. The zero-order chi connectivity index (χ0) is 24.3. The number of nitrogens with zero attached hydrogens (tertiary/aromatic N) is 2. The van der Waals surface area contributed by atoms with Crippen LogP contribution in [0.5, 0.6) is 11.5 Å². The van der Waals surface area contributed by atoms with Gasteiger partial charge in [0.15, 0.2) is 11.1 Å². The van der Waals surface area contributed by atoms with Crippen LogP contribution in [0.25, 0.3) is 22.2 Å². The van der Waals surface area contributed by atoms with E-state index in [0.29, 0.717) is 33.4 Å². The molecule has 0 radical (unpaired) electrons. The van der Waals surface area contributed by atoms with Gasteiger partial charge in [0.05, 0.1) is 18.4 Å². The predicted molar refractivity (Wildman–Crippen MR) is 122 cm³/mol. The number of urea groups is 1. The van der Waals surface area contributed by atoms with Gasteiger partial charge in [0.25, 0.3) is 11.8 Å². The summed E-state index contributed by atoms with van der Waals surface area (Å²) in [5.74, 6) is -0.793. The molecule has 4 heterocycles. The van der Waals surface area contributed by atoms with E-state index in [1.54, 1.807) is 42.5 Å². The maximum atomic E-state index is 13.1. The molecule has 0 spiro atoms. The topological polar surface area (TPSA) is 145 Å². The number of hydrogen-bond donors (Lipinski definition) is 4. The minimum absolute atomic E-state index is 0.0344. The lowest BCUT2D eigenvalue weighted by atomic mass is 9.95. The molecule has 4 amide bonds. The Morgan fingerprint density at radius 3 is 2.63 bits per heavy atom. The highest BCUT2D eigenvalue weighted by atomic mass is 16.3. The van der Waals surface area contributed by atoms with Crippen LogP contribution in [0.2, 0.25) is 0 Å². The molecule has 0 unspecified atom stereocenters. The second-order valence-corrected chi connectivity index (χ2v) is 8.58. The minimum atomic E-state index is -1.65. The Hall–Kier alpha value is -4.86. The normalized spacial score (nSPS) is 19.2. The van der Waals surface area contributed by atoms with Crippen molar-refractivity contribution in [3.8, 4) is 22.8 Å². The van der Waals surface area contributed by atoms with E-state index in [-0.39, 0.29) is 36.3 Å². The van der Waals surface area contributed by atoms with E-state index >= 15 is 0 Å². The highest BCUT2D eigenvalue weighted by Crippen LogP contribution is 2.35. The first kappa shape index (κ1) is 20.7. The van der Waals surface area contributed by atoms with Gasteiger partial charge in [0.1, 0.15) is 17.3 Å². The summed E-state index contributed by atoms with van der Waals surface area (Å²) in [7, 11) is 0. The average molecular weight is 470 g/mol. The number of hydrogen-bond acceptors (Lipinski definition) is 7. The Kier molecular flexibility index (Phi) is 4.34. The van der Waals surface area contributed by atoms with Crippen LogP contribution in [-0.4, -0.2) is 44.5 Å². The molecule has 10 heteroatoms. The van der Waals surface area contributed by atoms with E-state index in [4.69, 9.17) is 4.42 Å². The summed E-state index contributed by atoms with van der Waals surface area (Å²) >= 11 is 0. The predicted octanol–water partition coefficient (Wildman–Crippen LogP) is 2.60. The Balaban J connectivity index is 1.40. The molecule has 4 N–H and O–H groups in total. The van der Waals surface area contributed by atoms with Crippen molar-refractivity contribution in [2.24, 2.45) is 0 Å². The average Bonchev–Trinajstić information content (AvgIpc) is 3.48. The molecule has 2 aromatic heterocycles. The van der Waals surface area contributed by atoms with Crippen molar-refractivity contribution in [1.82, 2.24) is 20.5 Å². The number of fused-ring (bicyclic) bond motifs is 2. The minimum Gasteiger partial charge on any atom is -0.508 e. The highest BCUT2D eigenvalue weighted by molar-refractivity contribution is 6.08. The van der Waals surface area contributed by atoms with Gasteiger partial charge < -0.3 is 24.8 Å². The number of amides is 4. The van der Waals surface area contributed by atoms with E-state index in [9.17, 15) is 24.6 Å². The highest BCUT2D eigenvalue weighted by Gasteiger charge is 2.53. The first-order valence-electron chi connectivity index (χ1n) is 10.8. The third kappa shape index (κ3) is 3.26. The molecule has 0 aliphatic carbocycles. The summed E-state index contributed by atoms with van der Waals surface area (Å²) in [6, 6.07) is 13.9. The second-order valence-electron chi connectivity index (χ2n) is 8.58. The number of carbonyl (C=O) groups is 3. The maximum Gasteiger partial charge on any atom is 0.322 e. The number of carbonyl (C=O) groups excluding carboxylic acids is 3. The second kappa shape index (κ2) is 7.32. The number of aromatic nitrogens is 1. The van der Waals surface area contributed by atoms with Crippen molar-refractivity contribution in [2.75, 3.05) is 6.54 Å². The molecular formula is C25H18N4O6. The van der Waals surface area contributed by atoms with Gasteiger partial charge in [-0.2, -0.15) is 0 Å². The molecule has 2 aromatic carbocycles. The Bertz CT molecular complexity index is 1560. The van der Waals surface area contributed by atoms with Gasteiger partial charge >= 0.3 is 6.03 Å². The quantitative estimate of drug-likeness (QED) is 0.336. The molecule has 0 bridgehead atoms. The number of benzene rings is 2. The molecule has 0 saturated carbocycles. The van der Waals surface area contributed by atoms with Gasteiger partial charge in [-0.3, -0.25) is 19.9 Å². The van der Waals surface area contributed by atoms with Gasteiger partial charge in [0.2, 0.25) is 0 Å². The summed E-state index contributed by atoms with van der Waals surface area (Å²) < 4.78 is 5.97. The van der Waals surface area contributed by atoms with Crippen LogP contribution in [0, 0.1) is 0 Å². The van der Waals surface area contributed by atoms with Gasteiger partial charge in [0, 0.05) is 23.1 Å². The molecule has 1 atom stereocenters. The molecule has 2 aliphatic rings. The van der Waals surface area contributed by atoms with Crippen molar-refractivity contribution in [2.45, 2.75) is 12.1 Å². The van der Waals surface area contributed by atoms with Crippen molar-refractivity contribution >= 4 is 28.8 Å². The van der Waals surface area contributed by atoms with E-state index in [1.165, 1.54) is 23.2 Å². The number of furan rings is 1. The van der Waals surface area contributed by atoms with Crippen LogP contribution < -0.4 is 10.6 Å². The fourth-order valence-corrected chi connectivity index (χ4v) is 4.60. The molecule has 2 aliphatic heterocycles. The van der Waals surface area contributed by atoms with Gasteiger partial charge in [-0.05, 0) is 42.0 Å². The standard InChI is InChI=1S/C25H18N4O6/c30-16-3-1-2-13(6-16)19-7-15-8-21(35-20(15)10-26-19)25(23(33)27-24(34)28-25)12-29-11-14-4-5-17(31)9-18(14)22(29)32/h1-10,30-31H,11-12H2,(H2,27,28,33,34)/t25-/m0/s1. The number of phenolic OH excluding ortho intramolecular Hbond substituents is 2. The van der Waals surface area contributed by atoms with Crippen molar-refractivity contribution in [3.05, 3.63) is 77.7 Å². The molecular weight excluding hydrogens is 452 g/mol. The number of phenols is 2. The maximum absolute atomic E-state index is 13.1. The van der Waals surface area contributed by atoms with Crippen LogP contribution in [-0.2, 0) is 16.9 Å². The SMILES string of the molecule is O=C1NC(=O)[C@](CN2Cc3ccc(O)cc3C2=O)(c2cc3cc(-c4cccc(O)c4)ncc3o2)N1. The smallest absolute Gasteiger partial charge is 0.322 e. The number of pyridine rings is 1. The molecule has 1 fully saturated rings. The monoisotopic (exact) mass is 470 g/mol. The number of nitrogens with one attached hydrogen (secondary N) is 2. The van der Waals surface area contributed by atoms with E-state index in [2.05, 4.69) is 15.6 Å². The summed E-state index contributed by atoms with van der Waals surface area (Å²) in [4.78, 5) is 44.1. The Morgan fingerprint density at radius 1 is 1.03 bits per heavy atom. The van der Waals surface area contributed by atoms with Gasteiger partial charge in [-0.1, -0.05) is 18.2 Å². The fourth-order valence-electron chi connectivity index (χ4n) is 4.60. The zero-order valence-electron chi connectivity index (χ0n) is 18.1. The first-order chi connectivity index (χ1) is 16.8. The molecule has 6 rings (SSSR count). The molecule has 10 nitrogen and oxygen atoms in total. The van der Waals surface area contributed by atoms with Crippen LogP contribution >= 0.6 is 0 Å². The molecule has 4 aromatic rings. The van der Waals surface area contributed by atoms with Crippen LogP contribution in [0.15, 0.2) is 65.2 Å². The van der Waals surface area contributed by atoms with Crippen molar-refractivity contribution in [3.63, 3.8) is 0 Å². The Labute approximate surface area is 197 Å². The first-order valence-corrected chi connectivity index (χ1v) is 10.8. The largest absolute Gasteiger partial charge is 0.508 e. The fraction of sp³-hybridized carbons (Fsp3) is 0.120. The van der Waals surface area contributed by atoms with Crippen LogP contribution in [0.3, 0.4) is 0 Å². The van der Waals surface area contributed by atoms with Gasteiger partial charge in [-0.25, -0.2) is 4.79 Å². The summed E-state index contributed by atoms with van der Waals surface area (Å²) in [5.41, 5.74) is 1.06. The van der Waals surface area contributed by atoms with Crippen molar-refractivity contribution < 1.29 is 29.0 Å².